The Hall–Kier alpha value is -2.58. The average Bonchev–Trinajstić information content (AvgIpc) is 2.69. The number of ether oxygens (including phenoxy) is 2. The third-order valence-electron chi connectivity index (χ3n) is 4.33. The molecule has 0 bridgehead atoms. The molecule has 164 valence electrons. The highest BCUT2D eigenvalue weighted by atomic mass is 32.2. The minimum Gasteiger partial charge on any atom is -0.464 e. The van der Waals surface area contributed by atoms with E-state index in [0.717, 1.165) is 42.5 Å². The molecule has 0 saturated heterocycles. The summed E-state index contributed by atoms with van der Waals surface area (Å²) in [5.41, 5.74) is 2.99. The predicted molar refractivity (Wildman–Crippen MR) is 116 cm³/mol. The number of nitrogens with one attached hydrogen (secondary N) is 1. The molecule has 1 atom stereocenters. The number of carbonyl (C=O) groups is 1. The third-order valence-corrected chi connectivity index (χ3v) is 4.82. The quantitative estimate of drug-likeness (QED) is 0.311. The monoisotopic (exact) mass is 435 g/mol. The molecule has 0 aliphatic carbocycles. The molecule has 2 aromatic rings. The van der Waals surface area contributed by atoms with E-state index < -0.39 is 16.2 Å². The van der Waals surface area contributed by atoms with Crippen LogP contribution in [0.15, 0.2) is 48.5 Å². The Morgan fingerprint density at radius 2 is 1.83 bits per heavy atom. The first-order valence-corrected chi connectivity index (χ1v) is 11.6. The van der Waals surface area contributed by atoms with Gasteiger partial charge in [0.25, 0.3) is 0 Å². The van der Waals surface area contributed by atoms with Crippen LogP contribution in [0.25, 0.3) is 0 Å². The maximum Gasteiger partial charge on any atom is 0.335 e. The summed E-state index contributed by atoms with van der Waals surface area (Å²) < 4.78 is 37.6. The van der Waals surface area contributed by atoms with Gasteiger partial charge in [-0.1, -0.05) is 24.3 Å². The van der Waals surface area contributed by atoms with Gasteiger partial charge in [0.1, 0.15) is 5.75 Å². The van der Waals surface area contributed by atoms with E-state index in [1.807, 2.05) is 30.3 Å². The smallest absolute Gasteiger partial charge is 0.335 e. The Morgan fingerprint density at radius 3 is 2.47 bits per heavy atom. The van der Waals surface area contributed by atoms with Gasteiger partial charge in [-0.3, -0.25) is 0 Å². The highest BCUT2D eigenvalue weighted by Crippen LogP contribution is 2.17. The normalized spacial score (nSPS) is 12.2. The summed E-state index contributed by atoms with van der Waals surface area (Å²) >= 11 is 0. The van der Waals surface area contributed by atoms with Crippen LogP contribution in [0.2, 0.25) is 0 Å². The van der Waals surface area contributed by atoms with Crippen LogP contribution in [0.3, 0.4) is 0 Å². The summed E-state index contributed by atoms with van der Waals surface area (Å²) in [7, 11) is -2.02. The van der Waals surface area contributed by atoms with Crippen LogP contribution in [0.1, 0.15) is 24.5 Å². The van der Waals surface area contributed by atoms with Crippen molar-refractivity contribution in [1.29, 1.82) is 0 Å². The second kappa shape index (κ2) is 11.6. The van der Waals surface area contributed by atoms with Crippen molar-refractivity contribution < 1.29 is 26.9 Å². The van der Waals surface area contributed by atoms with Crippen molar-refractivity contribution in [3.8, 4) is 5.75 Å². The van der Waals surface area contributed by atoms with Crippen molar-refractivity contribution in [3.63, 3.8) is 0 Å². The van der Waals surface area contributed by atoms with Crippen LogP contribution in [0.5, 0.6) is 5.75 Å². The molecule has 1 N–H and O–H groups in total. The van der Waals surface area contributed by atoms with Crippen LogP contribution in [-0.4, -0.2) is 47.0 Å². The lowest BCUT2D eigenvalue weighted by Gasteiger charge is -2.14. The van der Waals surface area contributed by atoms with Gasteiger partial charge in [-0.2, -0.15) is 8.42 Å². The van der Waals surface area contributed by atoms with Crippen LogP contribution < -0.4 is 9.50 Å². The molecule has 7 nitrogen and oxygen atoms in total. The van der Waals surface area contributed by atoms with Crippen LogP contribution in [-0.2, 0) is 37.2 Å². The van der Waals surface area contributed by atoms with Crippen LogP contribution in [0.4, 0.5) is 5.69 Å². The molecule has 0 aromatic heterocycles. The average molecular weight is 436 g/mol. The highest BCUT2D eigenvalue weighted by molar-refractivity contribution is 7.86. The van der Waals surface area contributed by atoms with E-state index >= 15 is 0 Å². The number of anilines is 1. The fourth-order valence-corrected chi connectivity index (χ4v) is 3.38. The first-order valence-electron chi connectivity index (χ1n) is 9.81. The van der Waals surface area contributed by atoms with E-state index in [-0.39, 0.29) is 5.97 Å². The fourth-order valence-electron chi connectivity index (χ4n) is 2.92. The maximum absolute atomic E-state index is 11.8. The molecule has 0 spiro atoms. The highest BCUT2D eigenvalue weighted by Gasteiger charge is 2.19. The fraction of sp³-hybridized carbons (Fsp3) is 0.409. The third kappa shape index (κ3) is 8.42. The number of carbonyl (C=O) groups excluding carboxylic acids is 1. The molecule has 0 aliphatic rings. The zero-order valence-corrected chi connectivity index (χ0v) is 18.4. The van der Waals surface area contributed by atoms with E-state index in [1.165, 1.54) is 7.11 Å². The number of hydrogen-bond acceptors (Lipinski definition) is 7. The molecule has 8 heteroatoms. The van der Waals surface area contributed by atoms with Crippen LogP contribution in [0, 0.1) is 0 Å². The Labute approximate surface area is 178 Å². The van der Waals surface area contributed by atoms with E-state index in [9.17, 15) is 13.2 Å². The summed E-state index contributed by atoms with van der Waals surface area (Å²) in [6.07, 6.45) is 2.55. The lowest BCUT2D eigenvalue weighted by atomic mass is 10.1. The molecular weight excluding hydrogens is 406 g/mol. The number of esters is 1. The Balaban J connectivity index is 1.79. The summed E-state index contributed by atoms with van der Waals surface area (Å²) in [5.74, 6) is -0.0241. The van der Waals surface area contributed by atoms with Gasteiger partial charge in [0.2, 0.25) is 0 Å². The predicted octanol–water partition coefficient (Wildman–Crippen LogP) is 3.19. The zero-order chi connectivity index (χ0) is 22.0. The van der Waals surface area contributed by atoms with Gasteiger partial charge in [0, 0.05) is 25.8 Å². The molecular formula is C22H29NO6S. The van der Waals surface area contributed by atoms with E-state index in [0.29, 0.717) is 18.8 Å². The number of hydrogen-bond donors (Lipinski definition) is 1. The van der Waals surface area contributed by atoms with Crippen molar-refractivity contribution in [3.05, 3.63) is 59.7 Å². The summed E-state index contributed by atoms with van der Waals surface area (Å²) in [6, 6.07) is 14.9. The van der Waals surface area contributed by atoms with Crippen molar-refractivity contribution >= 4 is 21.8 Å². The largest absolute Gasteiger partial charge is 0.464 e. The minimum atomic E-state index is -3.52. The Morgan fingerprint density at radius 1 is 1.10 bits per heavy atom. The van der Waals surface area contributed by atoms with Crippen LogP contribution >= 0.6 is 0 Å². The van der Waals surface area contributed by atoms with Gasteiger partial charge in [0.15, 0.2) is 6.10 Å². The van der Waals surface area contributed by atoms with Crippen molar-refractivity contribution in [1.82, 2.24) is 0 Å². The lowest BCUT2D eigenvalue weighted by molar-refractivity contribution is -0.154. The van der Waals surface area contributed by atoms with Gasteiger partial charge < -0.3 is 19.0 Å². The van der Waals surface area contributed by atoms with Gasteiger partial charge in [-0.25, -0.2) is 4.79 Å². The number of rotatable bonds is 12. The molecule has 0 fully saturated rings. The number of aryl methyl sites for hydroxylation is 1. The van der Waals surface area contributed by atoms with Gasteiger partial charge in [0.05, 0.1) is 12.9 Å². The van der Waals surface area contributed by atoms with Crippen molar-refractivity contribution in [2.24, 2.45) is 0 Å². The molecule has 0 heterocycles. The molecule has 0 radical (unpaired) electrons. The molecule has 2 aromatic carbocycles. The number of methoxy groups -OCH3 is 1. The second-order valence-electron chi connectivity index (χ2n) is 6.84. The molecule has 0 saturated carbocycles. The minimum absolute atomic E-state index is 0.329. The topological polar surface area (TPSA) is 90.9 Å². The van der Waals surface area contributed by atoms with Crippen molar-refractivity contribution in [2.45, 2.75) is 32.3 Å². The summed E-state index contributed by atoms with van der Waals surface area (Å²) in [5, 5.41) is 3.36. The van der Waals surface area contributed by atoms with E-state index in [2.05, 4.69) is 5.32 Å². The number of benzene rings is 2. The summed E-state index contributed by atoms with van der Waals surface area (Å²) in [4.78, 5) is 11.8. The second-order valence-corrected chi connectivity index (χ2v) is 8.42. The van der Waals surface area contributed by atoms with Gasteiger partial charge >= 0.3 is 16.1 Å². The molecule has 0 aliphatic heterocycles. The lowest BCUT2D eigenvalue weighted by Crippen LogP contribution is -2.27. The standard InChI is InChI=1S/C22H29NO6S/c1-4-28-22(24)21(27-2)16-18-10-12-19(13-11-18)23-14-6-8-17-7-5-9-20(15-17)29-30(3,25)26/h5,7,9-13,15,21,23H,4,6,8,14,16H2,1-3H3. The van der Waals surface area contributed by atoms with Gasteiger partial charge in [-0.05, 0) is 55.2 Å². The Kier molecular flexibility index (Phi) is 9.14. The van der Waals surface area contributed by atoms with E-state index in [4.69, 9.17) is 13.7 Å². The molecule has 30 heavy (non-hydrogen) atoms. The summed E-state index contributed by atoms with van der Waals surface area (Å²) in [6.45, 7) is 2.86. The van der Waals surface area contributed by atoms with Gasteiger partial charge in [-0.15, -0.1) is 0 Å². The molecule has 0 amide bonds. The maximum atomic E-state index is 11.8. The first-order chi connectivity index (χ1) is 14.3. The zero-order valence-electron chi connectivity index (χ0n) is 17.6. The molecule has 1 unspecified atom stereocenters. The SMILES string of the molecule is CCOC(=O)C(Cc1ccc(NCCCc2cccc(OS(C)(=O)=O)c2)cc1)OC. The molecule has 2 rings (SSSR count). The Bertz CT molecular complexity index is 911. The van der Waals surface area contributed by atoms with Crippen molar-refractivity contribution in [2.75, 3.05) is 31.8 Å². The first kappa shape index (κ1) is 23.7. The van der Waals surface area contributed by atoms with E-state index in [1.54, 1.807) is 25.1 Å².